The van der Waals surface area contributed by atoms with Gasteiger partial charge >= 0.3 is 0 Å². The zero-order valence-corrected chi connectivity index (χ0v) is 15.4. The Morgan fingerprint density at radius 3 is 2.15 bits per heavy atom. The van der Waals surface area contributed by atoms with Crippen molar-refractivity contribution in [2.45, 2.75) is 19.8 Å². The van der Waals surface area contributed by atoms with Crippen molar-refractivity contribution in [1.82, 2.24) is 0 Å². The largest absolute Gasteiger partial charge is 0.255 e. The molecule has 3 aromatic carbocycles. The fraction of sp³-hybridized carbons (Fsp3) is 0.130. The van der Waals surface area contributed by atoms with Crippen LogP contribution >= 0.6 is 11.6 Å². The van der Waals surface area contributed by atoms with Crippen LogP contribution < -0.4 is 0 Å². The Bertz CT molecular complexity index is 983. The second kappa shape index (κ2) is 7.27. The SMILES string of the molecule is Cc1ccc(CC2=Nc3ccccc3N=C(c3ccc(Cl)cc3)C2)cc1. The normalized spacial score (nSPS) is 13.5. The maximum absolute atomic E-state index is 6.05. The molecule has 0 atom stereocenters. The summed E-state index contributed by atoms with van der Waals surface area (Å²) in [5.41, 5.74) is 7.61. The summed E-state index contributed by atoms with van der Waals surface area (Å²) in [6, 6.07) is 24.6. The van der Waals surface area contributed by atoms with E-state index >= 15 is 0 Å². The first kappa shape index (κ1) is 16.7. The molecule has 128 valence electrons. The monoisotopic (exact) mass is 358 g/mol. The Labute approximate surface area is 158 Å². The number of aliphatic imine (C=N–C) groups is 2. The van der Waals surface area contributed by atoms with E-state index in [9.17, 15) is 0 Å². The van der Waals surface area contributed by atoms with Gasteiger partial charge in [-0.15, -0.1) is 0 Å². The van der Waals surface area contributed by atoms with E-state index in [0.717, 1.165) is 46.2 Å². The van der Waals surface area contributed by atoms with Gasteiger partial charge in [0.05, 0.1) is 17.1 Å². The lowest BCUT2D eigenvalue weighted by molar-refractivity contribution is 1.25. The maximum atomic E-state index is 6.05. The molecule has 2 nitrogen and oxygen atoms in total. The van der Waals surface area contributed by atoms with E-state index in [1.165, 1.54) is 11.1 Å². The third-order valence-electron chi connectivity index (χ3n) is 4.49. The van der Waals surface area contributed by atoms with Crippen molar-refractivity contribution >= 4 is 34.4 Å². The van der Waals surface area contributed by atoms with Gasteiger partial charge in [-0.25, -0.2) is 0 Å². The van der Waals surface area contributed by atoms with Crippen molar-refractivity contribution in [2.75, 3.05) is 0 Å². The number of aryl methyl sites for hydroxylation is 1. The second-order valence-corrected chi connectivity index (χ2v) is 7.01. The Balaban J connectivity index is 1.73. The summed E-state index contributed by atoms with van der Waals surface area (Å²) in [6.07, 6.45) is 1.55. The number of hydrogen-bond donors (Lipinski definition) is 0. The lowest BCUT2D eigenvalue weighted by Gasteiger charge is -2.08. The van der Waals surface area contributed by atoms with E-state index < -0.39 is 0 Å². The van der Waals surface area contributed by atoms with E-state index in [0.29, 0.717) is 0 Å². The van der Waals surface area contributed by atoms with Crippen LogP contribution in [0.4, 0.5) is 11.4 Å². The molecule has 0 bridgehead atoms. The third kappa shape index (κ3) is 3.76. The fourth-order valence-corrected chi connectivity index (χ4v) is 3.22. The van der Waals surface area contributed by atoms with Gasteiger partial charge in [0.15, 0.2) is 0 Å². The van der Waals surface area contributed by atoms with E-state index in [-0.39, 0.29) is 0 Å². The fourth-order valence-electron chi connectivity index (χ4n) is 3.09. The number of rotatable bonds is 3. The minimum Gasteiger partial charge on any atom is -0.255 e. The molecule has 0 fully saturated rings. The van der Waals surface area contributed by atoms with Crippen LogP contribution in [0.2, 0.25) is 5.02 Å². The van der Waals surface area contributed by atoms with Crippen LogP contribution in [0.25, 0.3) is 0 Å². The van der Waals surface area contributed by atoms with Crippen LogP contribution in [0.1, 0.15) is 23.1 Å². The minimum absolute atomic E-state index is 0.726. The van der Waals surface area contributed by atoms with Gasteiger partial charge in [0.2, 0.25) is 0 Å². The van der Waals surface area contributed by atoms with E-state index in [2.05, 4.69) is 31.2 Å². The van der Waals surface area contributed by atoms with Crippen molar-refractivity contribution in [3.63, 3.8) is 0 Å². The molecule has 0 unspecified atom stereocenters. The maximum Gasteiger partial charge on any atom is 0.0889 e. The molecule has 4 rings (SSSR count). The second-order valence-electron chi connectivity index (χ2n) is 6.57. The Hall–Kier alpha value is -2.71. The van der Waals surface area contributed by atoms with Crippen molar-refractivity contribution < 1.29 is 0 Å². The minimum atomic E-state index is 0.726. The van der Waals surface area contributed by atoms with Gasteiger partial charge in [0.25, 0.3) is 0 Å². The molecule has 0 aliphatic carbocycles. The summed E-state index contributed by atoms with van der Waals surface area (Å²) in [5, 5.41) is 0.733. The first-order valence-electron chi connectivity index (χ1n) is 8.72. The highest BCUT2D eigenvalue weighted by Crippen LogP contribution is 2.32. The molecule has 26 heavy (non-hydrogen) atoms. The molecule has 1 aliphatic rings. The van der Waals surface area contributed by atoms with Crippen molar-refractivity contribution in [2.24, 2.45) is 9.98 Å². The molecule has 0 N–H and O–H groups in total. The number of para-hydroxylation sites is 2. The topological polar surface area (TPSA) is 24.7 Å². The van der Waals surface area contributed by atoms with Crippen LogP contribution in [-0.2, 0) is 6.42 Å². The van der Waals surface area contributed by atoms with E-state index in [1.54, 1.807) is 0 Å². The number of halogens is 1. The van der Waals surface area contributed by atoms with Gasteiger partial charge in [-0.3, -0.25) is 9.98 Å². The van der Waals surface area contributed by atoms with Crippen molar-refractivity contribution in [3.8, 4) is 0 Å². The molecular formula is C23H19ClN2. The molecule has 0 aromatic heterocycles. The molecule has 1 heterocycles. The van der Waals surface area contributed by atoms with Gasteiger partial charge < -0.3 is 0 Å². The molecule has 0 spiro atoms. The lowest BCUT2D eigenvalue weighted by atomic mass is 9.99. The van der Waals surface area contributed by atoms with Gasteiger partial charge in [-0.05, 0) is 42.3 Å². The Morgan fingerprint density at radius 2 is 1.46 bits per heavy atom. The van der Waals surface area contributed by atoms with Crippen LogP contribution in [0.15, 0.2) is 82.8 Å². The third-order valence-corrected chi connectivity index (χ3v) is 4.75. The smallest absolute Gasteiger partial charge is 0.0889 e. The summed E-state index contributed by atoms with van der Waals surface area (Å²) in [4.78, 5) is 9.83. The predicted molar refractivity (Wildman–Crippen MR) is 111 cm³/mol. The quantitative estimate of drug-likeness (QED) is 0.511. The summed E-state index contributed by atoms with van der Waals surface area (Å²) in [5.74, 6) is 0. The number of fused-ring (bicyclic) bond motifs is 1. The molecule has 3 heteroatoms. The van der Waals surface area contributed by atoms with Crippen LogP contribution in [0, 0.1) is 6.92 Å². The predicted octanol–water partition coefficient (Wildman–Crippen LogP) is 6.49. The first-order valence-corrected chi connectivity index (χ1v) is 9.10. The summed E-state index contributed by atoms with van der Waals surface area (Å²) < 4.78 is 0. The number of hydrogen-bond acceptors (Lipinski definition) is 2. The van der Waals surface area contributed by atoms with Crippen molar-refractivity contribution in [1.29, 1.82) is 0 Å². The molecule has 1 aliphatic heterocycles. The van der Waals surface area contributed by atoms with Crippen LogP contribution in [0.5, 0.6) is 0 Å². The van der Waals surface area contributed by atoms with Gasteiger partial charge in [-0.2, -0.15) is 0 Å². The number of nitrogens with zero attached hydrogens (tertiary/aromatic N) is 2. The average molecular weight is 359 g/mol. The summed E-state index contributed by atoms with van der Waals surface area (Å²) >= 11 is 6.05. The molecule has 0 radical (unpaired) electrons. The van der Waals surface area contributed by atoms with Gasteiger partial charge in [0.1, 0.15) is 0 Å². The molecular weight excluding hydrogens is 340 g/mol. The Kier molecular flexibility index (Phi) is 4.68. The zero-order valence-electron chi connectivity index (χ0n) is 14.6. The lowest BCUT2D eigenvalue weighted by Crippen LogP contribution is -2.11. The van der Waals surface area contributed by atoms with Crippen molar-refractivity contribution in [3.05, 3.63) is 94.5 Å². The Morgan fingerprint density at radius 1 is 0.808 bits per heavy atom. The van der Waals surface area contributed by atoms with E-state index in [4.69, 9.17) is 21.6 Å². The molecule has 0 saturated carbocycles. The highest BCUT2D eigenvalue weighted by molar-refractivity contribution is 6.30. The van der Waals surface area contributed by atoms with Gasteiger partial charge in [0, 0.05) is 23.6 Å². The number of benzene rings is 3. The van der Waals surface area contributed by atoms with Gasteiger partial charge in [-0.1, -0.05) is 65.7 Å². The van der Waals surface area contributed by atoms with E-state index in [1.807, 2.05) is 48.5 Å². The average Bonchev–Trinajstić information content (AvgIpc) is 2.83. The zero-order chi connectivity index (χ0) is 17.9. The first-order chi connectivity index (χ1) is 12.7. The highest BCUT2D eigenvalue weighted by Gasteiger charge is 2.15. The van der Waals surface area contributed by atoms with Crippen LogP contribution in [-0.4, -0.2) is 11.4 Å². The standard InChI is InChI=1S/C23H19ClN2/c1-16-6-8-17(9-7-16)14-20-15-23(18-10-12-19(24)13-11-18)26-22-5-3-2-4-21(22)25-20/h2-13H,14-15H2,1H3. The highest BCUT2D eigenvalue weighted by atomic mass is 35.5. The summed E-state index contributed by atoms with van der Waals surface area (Å²) in [7, 11) is 0. The summed E-state index contributed by atoms with van der Waals surface area (Å²) in [6.45, 7) is 2.11. The molecule has 3 aromatic rings. The molecule has 0 saturated heterocycles. The molecule has 0 amide bonds. The van der Waals surface area contributed by atoms with Crippen LogP contribution in [0.3, 0.4) is 0 Å².